The maximum absolute atomic E-state index is 12.9. The lowest BCUT2D eigenvalue weighted by Gasteiger charge is -2.34. The van der Waals surface area contributed by atoms with Gasteiger partial charge in [0.2, 0.25) is 0 Å². The molecule has 2 aromatic rings. The number of aliphatic hydroxyl groups is 1. The minimum absolute atomic E-state index is 0.229. The number of fused-ring (bicyclic) bond motifs is 1. The lowest BCUT2D eigenvalue weighted by molar-refractivity contribution is 0.0141. The van der Waals surface area contributed by atoms with Crippen LogP contribution in [0.15, 0.2) is 24.5 Å². The molecule has 1 fully saturated rings. The molecule has 1 saturated heterocycles. The monoisotopic (exact) mass is 453 g/mol. The Morgan fingerprint density at radius 2 is 1.90 bits per heavy atom. The summed E-state index contributed by atoms with van der Waals surface area (Å²) in [6.07, 6.45) is 3.35. The number of hydrogen-bond donors (Lipinski definition) is 1. The Labute approximate surface area is 183 Å². The zero-order chi connectivity index (χ0) is 22.3. The largest absolute Gasteiger partial charge is 0.494 e. The van der Waals surface area contributed by atoms with Crippen LogP contribution in [0.25, 0.3) is 10.9 Å². The highest BCUT2D eigenvalue weighted by Crippen LogP contribution is 2.53. The van der Waals surface area contributed by atoms with Gasteiger partial charge in [-0.15, -0.1) is 0 Å². The Morgan fingerprint density at radius 3 is 2.52 bits per heavy atom. The van der Waals surface area contributed by atoms with Crippen molar-refractivity contribution in [3.63, 3.8) is 0 Å². The molecule has 1 aromatic carbocycles. The summed E-state index contributed by atoms with van der Waals surface area (Å²) in [6, 6.07) is 5.84. The summed E-state index contributed by atoms with van der Waals surface area (Å²) in [4.78, 5) is 11.1. The van der Waals surface area contributed by atoms with Gasteiger partial charge in [-0.05, 0) is 44.7 Å². The first-order chi connectivity index (χ1) is 15.1. The van der Waals surface area contributed by atoms with E-state index >= 15 is 0 Å². The number of aliphatic hydroxyl groups excluding tert-OH is 1. The number of hydrogen-bond acceptors (Lipinski definition) is 9. The summed E-state index contributed by atoms with van der Waals surface area (Å²) in [6.45, 7) is 5.54. The van der Waals surface area contributed by atoms with Crippen LogP contribution in [0.3, 0.4) is 0 Å². The fraction of sp³-hybridized carbons (Fsp3) is 0.619. The van der Waals surface area contributed by atoms with E-state index in [-0.39, 0.29) is 19.1 Å². The van der Waals surface area contributed by atoms with Gasteiger partial charge < -0.3 is 28.5 Å². The average Bonchev–Trinajstić information content (AvgIpc) is 2.79. The Balaban J connectivity index is 1.61. The number of benzene rings is 1. The van der Waals surface area contributed by atoms with Gasteiger partial charge in [-0.1, -0.05) is 6.07 Å². The smallest absolute Gasteiger partial charge is 0.361 e. The van der Waals surface area contributed by atoms with Crippen molar-refractivity contribution in [1.29, 1.82) is 0 Å². The standard InChI is InChI=1S/C21H32N3O6P/c1-4-29-31(26,30-5-2)19(13-25)28-14-16-9-11-24(12-10-16)21-17-7-6-8-18(27-3)20(17)22-15-23-21/h6-8,15-16,19,25H,4-5,9-14H2,1-3H3. The van der Waals surface area contributed by atoms with Crippen LogP contribution in [-0.2, 0) is 18.3 Å². The molecule has 0 aliphatic carbocycles. The third kappa shape index (κ3) is 5.54. The summed E-state index contributed by atoms with van der Waals surface area (Å²) in [5.74, 6) is 0.939. The van der Waals surface area contributed by atoms with Crippen molar-refractivity contribution in [1.82, 2.24) is 9.97 Å². The highest BCUT2D eigenvalue weighted by molar-refractivity contribution is 7.54. The van der Waals surface area contributed by atoms with E-state index in [1.165, 1.54) is 0 Å². The van der Waals surface area contributed by atoms with Crippen molar-refractivity contribution in [3.8, 4) is 5.75 Å². The molecule has 1 unspecified atom stereocenters. The second kappa shape index (κ2) is 11.2. The van der Waals surface area contributed by atoms with Gasteiger partial charge in [0.15, 0.2) is 5.85 Å². The molecule has 172 valence electrons. The molecular formula is C21H32N3O6P. The molecule has 0 radical (unpaired) electrons. The maximum atomic E-state index is 12.9. The molecular weight excluding hydrogens is 421 g/mol. The maximum Gasteiger partial charge on any atom is 0.361 e. The Hall–Kier alpha value is -1.77. The van der Waals surface area contributed by atoms with Gasteiger partial charge in [0.25, 0.3) is 0 Å². The molecule has 10 heteroatoms. The van der Waals surface area contributed by atoms with Crippen LogP contribution in [0, 0.1) is 5.92 Å². The van der Waals surface area contributed by atoms with Gasteiger partial charge in [-0.3, -0.25) is 4.57 Å². The Kier molecular flexibility index (Phi) is 8.63. The lowest BCUT2D eigenvalue weighted by Crippen LogP contribution is -2.36. The predicted octanol–water partition coefficient (Wildman–Crippen LogP) is 3.46. The SMILES string of the molecule is CCOP(=O)(OCC)C(CO)OCC1CCN(c2ncnc3c(OC)cccc23)CC1. The first-order valence-electron chi connectivity index (χ1n) is 10.7. The van der Waals surface area contributed by atoms with Crippen LogP contribution in [-0.4, -0.2) is 67.5 Å². The highest BCUT2D eigenvalue weighted by Gasteiger charge is 2.37. The number of rotatable bonds is 11. The van der Waals surface area contributed by atoms with Crippen LogP contribution in [0.5, 0.6) is 5.75 Å². The van der Waals surface area contributed by atoms with E-state index in [1.54, 1.807) is 27.3 Å². The second-order valence-corrected chi connectivity index (χ2v) is 9.50. The van der Waals surface area contributed by atoms with E-state index in [2.05, 4.69) is 14.9 Å². The summed E-state index contributed by atoms with van der Waals surface area (Å²) < 4.78 is 34.7. The van der Waals surface area contributed by atoms with Crippen LogP contribution in [0.2, 0.25) is 0 Å². The van der Waals surface area contributed by atoms with E-state index in [1.807, 2.05) is 18.2 Å². The van der Waals surface area contributed by atoms with Crippen LogP contribution >= 0.6 is 7.60 Å². The van der Waals surface area contributed by atoms with E-state index < -0.39 is 20.0 Å². The van der Waals surface area contributed by atoms with Gasteiger partial charge in [-0.2, -0.15) is 0 Å². The molecule has 0 saturated carbocycles. The number of piperidine rings is 1. The van der Waals surface area contributed by atoms with E-state index in [9.17, 15) is 9.67 Å². The van der Waals surface area contributed by atoms with E-state index in [0.717, 1.165) is 48.4 Å². The molecule has 9 nitrogen and oxygen atoms in total. The summed E-state index contributed by atoms with van der Waals surface area (Å²) >= 11 is 0. The third-order valence-corrected chi connectivity index (χ3v) is 7.65. The van der Waals surface area contributed by atoms with E-state index in [4.69, 9.17) is 18.5 Å². The van der Waals surface area contributed by atoms with Crippen LogP contribution in [0.1, 0.15) is 26.7 Å². The zero-order valence-corrected chi connectivity index (χ0v) is 19.3. The van der Waals surface area contributed by atoms with Gasteiger partial charge in [-0.25, -0.2) is 9.97 Å². The minimum atomic E-state index is -3.50. The first-order valence-corrected chi connectivity index (χ1v) is 12.3. The molecule has 2 heterocycles. The molecule has 1 aliphatic heterocycles. The average molecular weight is 453 g/mol. The van der Waals surface area contributed by atoms with Gasteiger partial charge >= 0.3 is 7.60 Å². The van der Waals surface area contributed by atoms with Gasteiger partial charge in [0, 0.05) is 18.5 Å². The van der Waals surface area contributed by atoms with Crippen LogP contribution in [0.4, 0.5) is 5.82 Å². The molecule has 1 aromatic heterocycles. The summed E-state index contributed by atoms with van der Waals surface area (Å²) in [5, 5.41) is 10.7. The molecule has 0 bridgehead atoms. The number of ether oxygens (including phenoxy) is 2. The number of methoxy groups -OCH3 is 1. The predicted molar refractivity (Wildman–Crippen MR) is 119 cm³/mol. The fourth-order valence-corrected chi connectivity index (χ4v) is 5.42. The molecule has 0 spiro atoms. The Bertz CT molecular complexity index is 881. The topological polar surface area (TPSA) is 103 Å². The van der Waals surface area contributed by atoms with Crippen LogP contribution < -0.4 is 9.64 Å². The minimum Gasteiger partial charge on any atom is -0.494 e. The number of aromatic nitrogens is 2. The quantitative estimate of drug-likeness (QED) is 0.512. The summed E-state index contributed by atoms with van der Waals surface area (Å²) in [5.41, 5.74) is 0.800. The third-order valence-electron chi connectivity index (χ3n) is 5.39. The van der Waals surface area contributed by atoms with Crippen molar-refractivity contribution in [3.05, 3.63) is 24.5 Å². The van der Waals surface area contributed by atoms with Crippen molar-refractivity contribution in [2.24, 2.45) is 5.92 Å². The van der Waals surface area contributed by atoms with Crippen molar-refractivity contribution < 1.29 is 28.2 Å². The number of nitrogens with zero attached hydrogens (tertiary/aromatic N) is 3. The fourth-order valence-electron chi connectivity index (χ4n) is 3.83. The van der Waals surface area contributed by atoms with E-state index in [0.29, 0.717) is 6.61 Å². The molecule has 3 rings (SSSR count). The number of para-hydroxylation sites is 1. The lowest BCUT2D eigenvalue weighted by atomic mass is 9.97. The van der Waals surface area contributed by atoms with Gasteiger partial charge in [0.1, 0.15) is 23.4 Å². The Morgan fingerprint density at radius 1 is 1.19 bits per heavy atom. The molecule has 1 N–H and O–H groups in total. The zero-order valence-electron chi connectivity index (χ0n) is 18.4. The first kappa shape index (κ1) is 23.9. The van der Waals surface area contributed by atoms with Crippen molar-refractivity contribution in [2.75, 3.05) is 51.5 Å². The number of anilines is 1. The molecule has 31 heavy (non-hydrogen) atoms. The van der Waals surface area contributed by atoms with Crippen molar-refractivity contribution >= 4 is 24.3 Å². The highest BCUT2D eigenvalue weighted by atomic mass is 31.2. The normalized spacial score (nSPS) is 16.6. The van der Waals surface area contributed by atoms with Gasteiger partial charge in [0.05, 0.1) is 33.5 Å². The summed E-state index contributed by atoms with van der Waals surface area (Å²) in [7, 11) is -1.87. The molecule has 0 amide bonds. The van der Waals surface area contributed by atoms with Crippen molar-refractivity contribution in [2.45, 2.75) is 32.5 Å². The second-order valence-electron chi connectivity index (χ2n) is 7.33. The molecule has 1 aliphatic rings. The molecule has 1 atom stereocenters.